The zero-order valence-corrected chi connectivity index (χ0v) is 12.4. The molecule has 0 N–H and O–H groups in total. The SMILES string of the molecule is Cn1c2ccccc2c2ccc3sc4ccccc4c3c21. The summed E-state index contributed by atoms with van der Waals surface area (Å²) in [7, 11) is 2.18. The number of hydrogen-bond donors (Lipinski definition) is 0. The first-order valence-electron chi connectivity index (χ1n) is 7.12. The van der Waals surface area contributed by atoms with Crippen molar-refractivity contribution in [3.05, 3.63) is 60.7 Å². The summed E-state index contributed by atoms with van der Waals surface area (Å²) in [6, 6.07) is 21.9. The van der Waals surface area contributed by atoms with Crippen LogP contribution in [0.4, 0.5) is 0 Å². The van der Waals surface area contributed by atoms with Crippen LogP contribution in [-0.4, -0.2) is 4.57 Å². The van der Waals surface area contributed by atoms with Crippen molar-refractivity contribution in [1.82, 2.24) is 4.57 Å². The van der Waals surface area contributed by atoms with E-state index in [9.17, 15) is 0 Å². The number of rotatable bonds is 0. The van der Waals surface area contributed by atoms with E-state index in [-0.39, 0.29) is 0 Å². The molecule has 0 unspecified atom stereocenters. The van der Waals surface area contributed by atoms with E-state index < -0.39 is 0 Å². The van der Waals surface area contributed by atoms with E-state index in [1.54, 1.807) is 0 Å². The molecule has 1 nitrogen and oxygen atoms in total. The predicted molar refractivity (Wildman–Crippen MR) is 93.3 cm³/mol. The van der Waals surface area contributed by atoms with E-state index >= 15 is 0 Å². The molecule has 100 valence electrons. The van der Waals surface area contributed by atoms with Crippen LogP contribution in [0, 0.1) is 0 Å². The van der Waals surface area contributed by atoms with Crippen LogP contribution in [0.15, 0.2) is 60.7 Å². The van der Waals surface area contributed by atoms with Gasteiger partial charge in [-0.3, -0.25) is 0 Å². The summed E-state index contributed by atoms with van der Waals surface area (Å²) in [5, 5.41) is 5.46. The molecule has 0 fully saturated rings. The first kappa shape index (κ1) is 11.4. The van der Waals surface area contributed by atoms with Crippen LogP contribution < -0.4 is 0 Å². The zero-order chi connectivity index (χ0) is 14.0. The molecule has 0 atom stereocenters. The van der Waals surface area contributed by atoms with Crippen molar-refractivity contribution in [2.75, 3.05) is 0 Å². The lowest BCUT2D eigenvalue weighted by molar-refractivity contribution is 1.02. The predicted octanol–water partition coefficient (Wildman–Crippen LogP) is 5.70. The maximum absolute atomic E-state index is 2.34. The van der Waals surface area contributed by atoms with Gasteiger partial charge in [0.1, 0.15) is 0 Å². The van der Waals surface area contributed by atoms with Gasteiger partial charge in [-0.1, -0.05) is 42.5 Å². The van der Waals surface area contributed by atoms with Gasteiger partial charge in [0, 0.05) is 43.5 Å². The third-order valence-electron chi connectivity index (χ3n) is 4.41. The number of benzene rings is 3. The lowest BCUT2D eigenvalue weighted by atomic mass is 10.1. The van der Waals surface area contributed by atoms with Gasteiger partial charge in [-0.05, 0) is 18.2 Å². The smallest absolute Gasteiger partial charge is 0.0583 e. The molecule has 5 aromatic rings. The van der Waals surface area contributed by atoms with Crippen LogP contribution in [0.5, 0.6) is 0 Å². The van der Waals surface area contributed by atoms with Crippen molar-refractivity contribution in [1.29, 1.82) is 0 Å². The first-order valence-corrected chi connectivity index (χ1v) is 7.93. The Labute approximate surface area is 126 Å². The molecule has 5 rings (SSSR count). The third kappa shape index (κ3) is 1.35. The van der Waals surface area contributed by atoms with Gasteiger partial charge in [0.15, 0.2) is 0 Å². The number of nitrogens with zero attached hydrogens (tertiary/aromatic N) is 1. The number of aryl methyl sites for hydroxylation is 1. The lowest BCUT2D eigenvalue weighted by Crippen LogP contribution is -1.86. The Kier molecular flexibility index (Phi) is 2.09. The molecule has 2 heterocycles. The Morgan fingerprint density at radius 1 is 0.714 bits per heavy atom. The first-order chi connectivity index (χ1) is 10.3. The molecular weight excluding hydrogens is 274 g/mol. The van der Waals surface area contributed by atoms with Gasteiger partial charge in [-0.25, -0.2) is 0 Å². The fourth-order valence-corrected chi connectivity index (χ4v) is 4.59. The van der Waals surface area contributed by atoms with Crippen LogP contribution in [0.25, 0.3) is 42.0 Å². The summed E-state index contributed by atoms with van der Waals surface area (Å²) >= 11 is 1.88. The largest absolute Gasteiger partial charge is 0.343 e. The van der Waals surface area contributed by atoms with Crippen molar-refractivity contribution in [2.45, 2.75) is 0 Å². The van der Waals surface area contributed by atoms with Crippen molar-refractivity contribution in [3.8, 4) is 0 Å². The molecule has 2 heteroatoms. The van der Waals surface area contributed by atoms with Crippen molar-refractivity contribution in [3.63, 3.8) is 0 Å². The summed E-state index contributed by atoms with van der Waals surface area (Å²) in [5.74, 6) is 0. The summed E-state index contributed by atoms with van der Waals surface area (Å²) in [5.41, 5.74) is 2.65. The Bertz CT molecular complexity index is 1140. The number of thiophene rings is 1. The number of aromatic nitrogens is 1. The molecule has 0 saturated heterocycles. The summed E-state index contributed by atoms with van der Waals surface area (Å²) in [6.07, 6.45) is 0. The Morgan fingerprint density at radius 3 is 2.38 bits per heavy atom. The van der Waals surface area contributed by atoms with Gasteiger partial charge in [-0.2, -0.15) is 0 Å². The standard InChI is InChI=1S/C19H13NS/c1-20-15-8-4-2-6-12(15)13-10-11-17-18(19(13)20)14-7-3-5-9-16(14)21-17/h2-11H,1H3. The highest BCUT2D eigenvalue weighted by atomic mass is 32.1. The van der Waals surface area contributed by atoms with Crippen LogP contribution in [-0.2, 0) is 7.05 Å². The van der Waals surface area contributed by atoms with E-state index in [2.05, 4.69) is 72.3 Å². The van der Waals surface area contributed by atoms with Gasteiger partial charge in [0.05, 0.1) is 5.52 Å². The Balaban J connectivity index is 2.18. The van der Waals surface area contributed by atoms with Crippen LogP contribution >= 0.6 is 11.3 Å². The summed E-state index contributed by atoms with van der Waals surface area (Å²) in [4.78, 5) is 0. The van der Waals surface area contributed by atoms with E-state index in [1.165, 1.54) is 42.0 Å². The highest BCUT2D eigenvalue weighted by molar-refractivity contribution is 7.26. The minimum absolute atomic E-state index is 1.30. The van der Waals surface area contributed by atoms with Crippen molar-refractivity contribution < 1.29 is 0 Å². The molecule has 21 heavy (non-hydrogen) atoms. The van der Waals surface area contributed by atoms with Gasteiger partial charge in [-0.15, -0.1) is 11.3 Å². The molecule has 0 spiro atoms. The molecule has 0 aliphatic heterocycles. The average molecular weight is 287 g/mol. The van der Waals surface area contributed by atoms with Crippen molar-refractivity contribution >= 4 is 53.3 Å². The summed E-state index contributed by atoms with van der Waals surface area (Å²) in [6.45, 7) is 0. The topological polar surface area (TPSA) is 4.93 Å². The fraction of sp³-hybridized carbons (Fsp3) is 0.0526. The molecule has 0 aliphatic carbocycles. The van der Waals surface area contributed by atoms with E-state index in [0.29, 0.717) is 0 Å². The second kappa shape index (κ2) is 3.86. The molecule has 0 bridgehead atoms. The van der Waals surface area contributed by atoms with Crippen LogP contribution in [0.1, 0.15) is 0 Å². The highest BCUT2D eigenvalue weighted by Gasteiger charge is 2.14. The fourth-order valence-electron chi connectivity index (χ4n) is 3.48. The van der Waals surface area contributed by atoms with E-state index in [0.717, 1.165) is 0 Å². The van der Waals surface area contributed by atoms with E-state index in [1.807, 2.05) is 11.3 Å². The molecular formula is C19H13NS. The maximum atomic E-state index is 2.34. The molecule has 3 aromatic carbocycles. The number of fused-ring (bicyclic) bond motifs is 7. The van der Waals surface area contributed by atoms with Crippen LogP contribution in [0.2, 0.25) is 0 Å². The van der Waals surface area contributed by atoms with E-state index in [4.69, 9.17) is 0 Å². The molecule has 0 radical (unpaired) electrons. The quantitative estimate of drug-likeness (QED) is 0.344. The average Bonchev–Trinajstić information content (AvgIpc) is 3.04. The monoisotopic (exact) mass is 287 g/mol. The van der Waals surface area contributed by atoms with Gasteiger partial charge >= 0.3 is 0 Å². The Morgan fingerprint density at radius 2 is 1.48 bits per heavy atom. The minimum Gasteiger partial charge on any atom is -0.343 e. The molecule has 2 aromatic heterocycles. The van der Waals surface area contributed by atoms with Gasteiger partial charge < -0.3 is 4.57 Å². The molecule has 0 aliphatic rings. The highest BCUT2D eigenvalue weighted by Crippen LogP contribution is 2.41. The lowest BCUT2D eigenvalue weighted by Gasteiger charge is -2.00. The van der Waals surface area contributed by atoms with Crippen LogP contribution in [0.3, 0.4) is 0 Å². The zero-order valence-electron chi connectivity index (χ0n) is 11.6. The third-order valence-corrected chi connectivity index (χ3v) is 5.54. The summed E-state index contributed by atoms with van der Waals surface area (Å²) < 4.78 is 5.08. The number of hydrogen-bond acceptors (Lipinski definition) is 1. The normalized spacial score (nSPS) is 12.0. The second-order valence-corrected chi connectivity index (χ2v) is 6.59. The molecule has 0 amide bonds. The van der Waals surface area contributed by atoms with Gasteiger partial charge in [0.2, 0.25) is 0 Å². The second-order valence-electron chi connectivity index (χ2n) is 5.51. The van der Waals surface area contributed by atoms with Gasteiger partial charge in [0.25, 0.3) is 0 Å². The number of para-hydroxylation sites is 1. The Hall–Kier alpha value is -2.32. The molecule has 0 saturated carbocycles. The minimum atomic E-state index is 1.30. The van der Waals surface area contributed by atoms with Crippen molar-refractivity contribution in [2.24, 2.45) is 7.05 Å². The maximum Gasteiger partial charge on any atom is 0.0583 e.